The molecule has 2 atom stereocenters. The minimum absolute atomic E-state index is 0.220. The van der Waals surface area contributed by atoms with Crippen LogP contribution in [0.4, 0.5) is 26.3 Å². The third-order valence-electron chi connectivity index (χ3n) is 9.00. The number of sulfonamides is 2. The Morgan fingerprint density at radius 3 is 0.817 bits per heavy atom. The van der Waals surface area contributed by atoms with Crippen LogP contribution in [0.5, 0.6) is 23.0 Å². The van der Waals surface area contributed by atoms with E-state index < -0.39 is 55.7 Å². The molecule has 10 nitrogen and oxygen atoms in total. The van der Waals surface area contributed by atoms with Crippen molar-refractivity contribution in [2.24, 2.45) is 0 Å². The van der Waals surface area contributed by atoms with Crippen LogP contribution in [0.2, 0.25) is 0 Å². The molecule has 328 valence electrons. The Morgan fingerprint density at radius 2 is 0.667 bits per heavy atom. The molecule has 0 aliphatic heterocycles. The van der Waals surface area contributed by atoms with Gasteiger partial charge in [-0.05, 0) is 83.6 Å². The van der Waals surface area contributed by atoms with Gasteiger partial charge < -0.3 is 18.9 Å². The van der Waals surface area contributed by atoms with Gasteiger partial charge in [0.2, 0.25) is 20.0 Å². The maximum Gasteiger partial charge on any atom is 0.407 e. The van der Waals surface area contributed by atoms with Crippen LogP contribution < -0.4 is 18.9 Å². The second-order valence-corrected chi connectivity index (χ2v) is 17.4. The molecular formula is C42H48F6N2O8S2. The number of hydrogen-bond donors (Lipinski definition) is 0. The average molecular weight is 887 g/mol. The summed E-state index contributed by atoms with van der Waals surface area (Å²) in [4.78, 5) is 0. The molecule has 4 aromatic rings. The molecular weight excluding hydrogens is 839 g/mol. The summed E-state index contributed by atoms with van der Waals surface area (Å²) in [6.45, 7) is 5.68. The quantitative estimate of drug-likeness (QED) is 0.0639. The summed E-state index contributed by atoms with van der Waals surface area (Å²) in [6.07, 6.45) is -9.37. The van der Waals surface area contributed by atoms with Crippen molar-refractivity contribution >= 4 is 20.0 Å². The summed E-state index contributed by atoms with van der Waals surface area (Å²) in [7, 11) is -3.53. The summed E-state index contributed by atoms with van der Waals surface area (Å²) in [6, 6.07) is 25.9. The number of allylic oxidation sites excluding steroid dienone is 2. The summed E-state index contributed by atoms with van der Waals surface area (Å²) in [5.41, 5.74) is 2.14. The first-order valence-electron chi connectivity index (χ1n) is 18.1. The fourth-order valence-electron chi connectivity index (χ4n) is 5.72. The third kappa shape index (κ3) is 14.0. The van der Waals surface area contributed by atoms with Crippen molar-refractivity contribution in [3.05, 3.63) is 145 Å². The van der Waals surface area contributed by atoms with E-state index in [0.717, 1.165) is 20.8 Å². The van der Waals surface area contributed by atoms with Gasteiger partial charge in [-0.15, -0.1) is 13.2 Å². The summed E-state index contributed by atoms with van der Waals surface area (Å²) in [5, 5.41) is -5.14. The molecule has 0 unspecified atom stereocenters. The van der Waals surface area contributed by atoms with Crippen molar-refractivity contribution in [3.63, 3.8) is 0 Å². The topological polar surface area (TPSA) is 112 Å². The summed E-state index contributed by atoms with van der Waals surface area (Å²) >= 11 is 0. The second-order valence-electron chi connectivity index (χ2n) is 13.1. The molecule has 0 amide bonds. The molecule has 0 aliphatic rings. The number of ether oxygens (including phenoxy) is 4. The van der Waals surface area contributed by atoms with Gasteiger partial charge in [0.25, 0.3) is 0 Å². The van der Waals surface area contributed by atoms with Crippen LogP contribution in [0.3, 0.4) is 0 Å². The minimum atomic E-state index is -4.93. The highest BCUT2D eigenvalue weighted by Gasteiger charge is 2.51. The van der Waals surface area contributed by atoms with Crippen molar-refractivity contribution in [3.8, 4) is 23.0 Å². The van der Waals surface area contributed by atoms with Crippen LogP contribution in [0.1, 0.15) is 35.1 Å². The lowest BCUT2D eigenvalue weighted by molar-refractivity contribution is -0.131. The number of nitrogens with zero attached hydrogens (tertiary/aromatic N) is 2. The van der Waals surface area contributed by atoms with Crippen LogP contribution in [0, 0.1) is 0 Å². The molecule has 0 aliphatic carbocycles. The monoisotopic (exact) mass is 886 g/mol. The number of benzene rings is 4. The number of rotatable bonds is 20. The highest BCUT2D eigenvalue weighted by atomic mass is 32.2. The van der Waals surface area contributed by atoms with Gasteiger partial charge in [-0.2, -0.15) is 35.0 Å². The van der Waals surface area contributed by atoms with Gasteiger partial charge in [0.1, 0.15) is 23.0 Å². The average Bonchev–Trinajstić information content (AvgIpc) is 3.21. The van der Waals surface area contributed by atoms with Gasteiger partial charge in [0.05, 0.1) is 28.4 Å². The molecule has 0 bridgehead atoms. The van der Waals surface area contributed by atoms with E-state index in [9.17, 15) is 43.2 Å². The molecule has 18 heteroatoms. The van der Waals surface area contributed by atoms with Gasteiger partial charge in [-0.1, -0.05) is 60.7 Å². The molecule has 0 N–H and O–H groups in total. The van der Waals surface area contributed by atoms with Crippen molar-refractivity contribution in [2.45, 2.75) is 61.9 Å². The Hall–Kier alpha value is -5.04. The normalized spacial score (nSPS) is 13.1. The Morgan fingerprint density at radius 1 is 0.467 bits per heavy atom. The molecule has 0 heterocycles. The van der Waals surface area contributed by atoms with Crippen LogP contribution >= 0.6 is 0 Å². The molecule has 0 radical (unpaired) electrons. The smallest absolute Gasteiger partial charge is 0.407 e. The number of halogens is 6. The zero-order chi connectivity index (χ0) is 44.7. The molecule has 4 aromatic carbocycles. The van der Waals surface area contributed by atoms with Crippen LogP contribution in [0.15, 0.2) is 122 Å². The van der Waals surface area contributed by atoms with E-state index in [1.807, 2.05) is 0 Å². The Kier molecular flexibility index (Phi) is 18.1. The van der Waals surface area contributed by atoms with Crippen LogP contribution in [-0.2, 0) is 46.2 Å². The predicted octanol–water partition coefficient (Wildman–Crippen LogP) is 9.09. The molecule has 0 spiro atoms. The van der Waals surface area contributed by atoms with Crippen molar-refractivity contribution in [1.29, 1.82) is 0 Å². The lowest BCUT2D eigenvalue weighted by atomic mass is 10.2. The van der Waals surface area contributed by atoms with E-state index in [-0.39, 0.29) is 26.2 Å². The Labute approximate surface area is 347 Å². The van der Waals surface area contributed by atoms with Gasteiger partial charge in [0.15, 0.2) is 10.5 Å². The molecule has 0 saturated heterocycles. The second kappa shape index (κ2) is 22.0. The predicted molar refractivity (Wildman–Crippen MR) is 218 cm³/mol. The van der Waals surface area contributed by atoms with E-state index in [2.05, 4.69) is 13.2 Å². The molecule has 0 saturated carbocycles. The molecule has 0 aromatic heterocycles. The van der Waals surface area contributed by atoms with Crippen molar-refractivity contribution in [1.82, 2.24) is 8.61 Å². The maximum absolute atomic E-state index is 13.6. The van der Waals surface area contributed by atoms with Crippen LogP contribution in [-0.4, -0.2) is 76.7 Å². The van der Waals surface area contributed by atoms with Crippen LogP contribution in [0.25, 0.3) is 0 Å². The molecule has 60 heavy (non-hydrogen) atoms. The van der Waals surface area contributed by atoms with Gasteiger partial charge >= 0.3 is 12.4 Å². The molecule has 4 rings (SSSR count). The van der Waals surface area contributed by atoms with E-state index in [4.69, 9.17) is 18.9 Å². The summed E-state index contributed by atoms with van der Waals surface area (Å²) < 4.78 is 155. The van der Waals surface area contributed by atoms with E-state index in [1.54, 1.807) is 97.1 Å². The van der Waals surface area contributed by atoms with Gasteiger partial charge in [-0.25, -0.2) is 16.8 Å². The highest BCUT2D eigenvalue weighted by molar-refractivity contribution is 7.90. The van der Waals surface area contributed by atoms with Crippen molar-refractivity contribution in [2.75, 3.05) is 28.4 Å². The zero-order valence-corrected chi connectivity index (χ0v) is 35.1. The van der Waals surface area contributed by atoms with Gasteiger partial charge in [-0.3, -0.25) is 0 Å². The molecule has 0 fully saturated rings. The largest absolute Gasteiger partial charge is 0.497 e. The number of alkyl halides is 6. The lowest BCUT2D eigenvalue weighted by Crippen LogP contribution is -2.45. The first kappa shape index (κ1) is 49.3. The van der Waals surface area contributed by atoms with Gasteiger partial charge in [0, 0.05) is 26.2 Å². The zero-order valence-electron chi connectivity index (χ0n) is 33.4. The van der Waals surface area contributed by atoms with E-state index in [0.29, 0.717) is 45.3 Å². The van der Waals surface area contributed by atoms with Crippen molar-refractivity contribution < 1.29 is 62.1 Å². The Bertz CT molecular complexity index is 1910. The van der Waals surface area contributed by atoms with E-state index >= 15 is 0 Å². The Balaban J connectivity index is 0.000000320. The maximum atomic E-state index is 13.6. The fourth-order valence-corrected chi connectivity index (χ4v) is 9.19. The first-order valence-corrected chi connectivity index (χ1v) is 21.1. The SMILES string of the molecule is C=CC[C@@H](C(F)(F)F)S(=O)(=O)N(Cc1ccc(OC)cc1)Cc1ccc(OC)cc1.C=CC[C@H](C(F)(F)F)S(=O)(=O)N(Cc1ccc(OC)cc1)Cc1ccc(OC)cc1. The number of methoxy groups -OCH3 is 4. The summed E-state index contributed by atoms with van der Waals surface area (Å²) in [5.74, 6) is 2.23. The fraction of sp³-hybridized carbons (Fsp3) is 0.333. The third-order valence-corrected chi connectivity index (χ3v) is 13.3. The number of hydrogen-bond acceptors (Lipinski definition) is 8. The standard InChI is InChI=1S/2C21H24F3NO4S/c2*1-4-5-20(21(22,23)24)30(26,27)25(14-16-6-10-18(28-2)11-7-16)15-17-8-12-19(29-3)13-9-17/h2*4,6-13,20H,1,5,14-15H2,2-3H3/t2*20-/m10/s1. The minimum Gasteiger partial charge on any atom is -0.497 e. The highest BCUT2D eigenvalue weighted by Crippen LogP contribution is 2.34. The lowest BCUT2D eigenvalue weighted by Gasteiger charge is -2.28. The first-order chi connectivity index (χ1) is 28.2. The van der Waals surface area contributed by atoms with E-state index in [1.165, 1.54) is 28.4 Å².